The maximum Gasteiger partial charge on any atom is 0.162 e. The van der Waals surface area contributed by atoms with Gasteiger partial charge >= 0.3 is 0 Å². The van der Waals surface area contributed by atoms with Gasteiger partial charge in [-0.3, -0.25) is 9.79 Å². The van der Waals surface area contributed by atoms with E-state index in [2.05, 4.69) is 21.8 Å². The summed E-state index contributed by atoms with van der Waals surface area (Å²) in [4.78, 5) is 21.2. The monoisotopic (exact) mass is 459 g/mol. The fraction of sp³-hybridized carbons (Fsp3) is 0.296. The van der Waals surface area contributed by atoms with Crippen LogP contribution < -0.4 is 5.73 Å². The summed E-state index contributed by atoms with van der Waals surface area (Å²) in [6.45, 7) is 0.908. The summed E-state index contributed by atoms with van der Waals surface area (Å²) < 4.78 is 0. The molecule has 2 aromatic carbocycles. The number of nitrogens with two attached hydrogens (primary N) is 1. The van der Waals surface area contributed by atoms with E-state index < -0.39 is 6.10 Å². The molecule has 4 rings (SSSR count). The summed E-state index contributed by atoms with van der Waals surface area (Å²) >= 11 is 6.14. The number of aliphatic imine (C=N–C) groups is 1. The molecule has 0 amide bonds. The van der Waals surface area contributed by atoms with Crippen molar-refractivity contribution >= 4 is 39.7 Å². The molecule has 3 aromatic rings. The van der Waals surface area contributed by atoms with E-state index in [1.54, 1.807) is 24.4 Å². The zero-order valence-corrected chi connectivity index (χ0v) is 19.1. The van der Waals surface area contributed by atoms with Crippen LogP contribution in [0.1, 0.15) is 60.0 Å². The number of pyridine rings is 1. The summed E-state index contributed by atoms with van der Waals surface area (Å²) in [7, 11) is 0. The second-order valence-corrected chi connectivity index (χ2v) is 8.72. The number of fused-ring (bicyclic) bond motifs is 1. The number of carbonyl (C=O) groups excluding carboxylic acids is 1. The number of nitrogens with zero attached hydrogens (tertiary/aromatic N) is 2. The molecule has 1 atom stereocenters. The van der Waals surface area contributed by atoms with E-state index in [0.29, 0.717) is 41.2 Å². The van der Waals surface area contributed by atoms with Gasteiger partial charge < -0.3 is 10.8 Å². The number of aliphatic hydroxyl groups excluding tert-OH is 1. The Labute approximate surface area is 198 Å². The Kier molecular flexibility index (Phi) is 7.39. The van der Waals surface area contributed by atoms with Gasteiger partial charge in [-0.15, -0.1) is 0 Å². The maximum atomic E-state index is 12.5. The predicted molar refractivity (Wildman–Crippen MR) is 134 cm³/mol. The number of aromatic nitrogens is 1. The highest BCUT2D eigenvalue weighted by atomic mass is 35.5. The molecule has 5 nitrogen and oxygen atoms in total. The molecule has 0 bridgehead atoms. The quantitative estimate of drug-likeness (QED) is 0.375. The molecule has 0 saturated heterocycles. The molecule has 33 heavy (non-hydrogen) atoms. The van der Waals surface area contributed by atoms with Crippen LogP contribution >= 0.6 is 11.6 Å². The van der Waals surface area contributed by atoms with Crippen molar-refractivity contribution < 1.29 is 9.90 Å². The van der Waals surface area contributed by atoms with Crippen molar-refractivity contribution in [2.24, 2.45) is 4.99 Å². The van der Waals surface area contributed by atoms with Crippen molar-refractivity contribution in [1.29, 1.82) is 0 Å². The fourth-order valence-corrected chi connectivity index (χ4v) is 4.10. The standard InChI is InChI=1S/C27H26ClN3O2/c28-21-9-8-20-17-31-27(29)24(25(20)16-21)13-5-18-3-6-19(7-4-18)26(33)14-12-23(32)11-10-22-2-1-15-30-22/h3-4,6-9,16-17,23,32H,1-2,10-12,14-15H2,(H2,29,31). The number of nitrogen functional groups attached to an aromatic ring is 1. The number of anilines is 1. The van der Waals surface area contributed by atoms with Gasteiger partial charge in [0.05, 0.1) is 11.7 Å². The maximum absolute atomic E-state index is 12.5. The molecule has 1 aliphatic rings. The highest BCUT2D eigenvalue weighted by molar-refractivity contribution is 6.31. The molecule has 2 heterocycles. The van der Waals surface area contributed by atoms with Gasteiger partial charge in [0.1, 0.15) is 5.82 Å². The summed E-state index contributed by atoms with van der Waals surface area (Å²) in [6, 6.07) is 12.7. The number of carbonyl (C=O) groups is 1. The number of halogens is 1. The lowest BCUT2D eigenvalue weighted by Crippen LogP contribution is -2.11. The molecular weight excluding hydrogens is 434 g/mol. The largest absolute Gasteiger partial charge is 0.393 e. The van der Waals surface area contributed by atoms with Crippen LogP contribution in [0.25, 0.3) is 10.8 Å². The average Bonchev–Trinajstić information content (AvgIpc) is 3.35. The molecule has 0 aliphatic carbocycles. The van der Waals surface area contributed by atoms with Gasteiger partial charge in [0.25, 0.3) is 0 Å². The van der Waals surface area contributed by atoms with Crippen LogP contribution in [0.3, 0.4) is 0 Å². The van der Waals surface area contributed by atoms with E-state index in [9.17, 15) is 9.90 Å². The number of Topliss-reactive ketones (excluding diaryl/α,β-unsaturated/α-hetero) is 1. The Balaban J connectivity index is 1.38. The van der Waals surface area contributed by atoms with Crippen LogP contribution in [-0.2, 0) is 0 Å². The van der Waals surface area contributed by atoms with Crippen molar-refractivity contribution in [3.05, 3.63) is 70.4 Å². The predicted octanol–water partition coefficient (Wildman–Crippen LogP) is 5.21. The normalized spacial score (nSPS) is 13.9. The molecule has 0 fully saturated rings. The van der Waals surface area contributed by atoms with Crippen molar-refractivity contribution in [3.8, 4) is 11.8 Å². The zero-order valence-electron chi connectivity index (χ0n) is 18.4. The number of rotatable bonds is 7. The first-order chi connectivity index (χ1) is 16.0. The summed E-state index contributed by atoms with van der Waals surface area (Å²) in [6.07, 6.45) is 5.65. The van der Waals surface area contributed by atoms with Crippen molar-refractivity contribution in [1.82, 2.24) is 4.98 Å². The molecule has 0 spiro atoms. The Morgan fingerprint density at radius 1 is 1.15 bits per heavy atom. The van der Waals surface area contributed by atoms with Gasteiger partial charge in [-0.1, -0.05) is 41.6 Å². The molecule has 0 radical (unpaired) electrons. The third-order valence-corrected chi connectivity index (χ3v) is 6.09. The Bertz CT molecular complexity index is 1250. The SMILES string of the molecule is Nc1ncc2ccc(Cl)cc2c1C#Cc1ccc(C(=O)CCC(O)CCC2=NCCC2)cc1. The molecule has 168 valence electrons. The van der Waals surface area contributed by atoms with Crippen molar-refractivity contribution in [2.75, 3.05) is 12.3 Å². The molecule has 6 heteroatoms. The number of hydrogen-bond donors (Lipinski definition) is 2. The van der Waals surface area contributed by atoms with Gasteiger partial charge in [0, 0.05) is 51.8 Å². The van der Waals surface area contributed by atoms with Crippen LogP contribution in [0.5, 0.6) is 0 Å². The third kappa shape index (κ3) is 5.98. The first-order valence-corrected chi connectivity index (χ1v) is 11.6. The van der Waals surface area contributed by atoms with E-state index in [4.69, 9.17) is 17.3 Å². The van der Waals surface area contributed by atoms with E-state index in [0.717, 1.165) is 42.1 Å². The summed E-state index contributed by atoms with van der Waals surface area (Å²) in [5, 5.41) is 12.6. The van der Waals surface area contributed by atoms with Crippen LogP contribution in [0, 0.1) is 11.8 Å². The number of aliphatic hydroxyl groups is 1. The van der Waals surface area contributed by atoms with E-state index >= 15 is 0 Å². The average molecular weight is 460 g/mol. The molecule has 1 aliphatic heterocycles. The summed E-state index contributed by atoms with van der Waals surface area (Å²) in [5.41, 5.74) is 9.26. The molecule has 0 saturated carbocycles. The van der Waals surface area contributed by atoms with E-state index in [1.165, 1.54) is 5.71 Å². The highest BCUT2D eigenvalue weighted by Crippen LogP contribution is 2.25. The Morgan fingerprint density at radius 3 is 2.73 bits per heavy atom. The smallest absolute Gasteiger partial charge is 0.162 e. The topological polar surface area (TPSA) is 88.6 Å². The second-order valence-electron chi connectivity index (χ2n) is 8.28. The van der Waals surface area contributed by atoms with Crippen molar-refractivity contribution in [2.45, 2.75) is 44.6 Å². The van der Waals surface area contributed by atoms with Gasteiger partial charge in [0.2, 0.25) is 0 Å². The number of hydrogen-bond acceptors (Lipinski definition) is 5. The molecule has 1 unspecified atom stereocenters. The van der Waals surface area contributed by atoms with E-state index in [-0.39, 0.29) is 5.78 Å². The minimum absolute atomic E-state index is 0.0175. The lowest BCUT2D eigenvalue weighted by atomic mass is 10.00. The third-order valence-electron chi connectivity index (χ3n) is 5.85. The molecule has 3 N–H and O–H groups in total. The van der Waals surface area contributed by atoms with Crippen LogP contribution in [0.15, 0.2) is 53.7 Å². The van der Waals surface area contributed by atoms with Crippen LogP contribution in [0.2, 0.25) is 5.02 Å². The number of benzene rings is 2. The first kappa shape index (κ1) is 23.0. The molecule has 1 aromatic heterocycles. The lowest BCUT2D eigenvalue weighted by Gasteiger charge is -2.10. The van der Waals surface area contributed by atoms with Crippen molar-refractivity contribution in [3.63, 3.8) is 0 Å². The van der Waals surface area contributed by atoms with Gasteiger partial charge in [-0.25, -0.2) is 4.98 Å². The van der Waals surface area contributed by atoms with Crippen LogP contribution in [-0.4, -0.2) is 34.2 Å². The zero-order chi connectivity index (χ0) is 23.2. The lowest BCUT2D eigenvalue weighted by molar-refractivity contribution is 0.0935. The van der Waals surface area contributed by atoms with E-state index in [1.807, 2.05) is 24.3 Å². The number of ketones is 1. The molecular formula is C27H26ClN3O2. The Hall–Kier alpha value is -3.20. The fourth-order valence-electron chi connectivity index (χ4n) is 3.93. The Morgan fingerprint density at radius 2 is 1.97 bits per heavy atom. The highest BCUT2D eigenvalue weighted by Gasteiger charge is 2.13. The minimum Gasteiger partial charge on any atom is -0.393 e. The van der Waals surface area contributed by atoms with Gasteiger partial charge in [0.15, 0.2) is 5.78 Å². The first-order valence-electron chi connectivity index (χ1n) is 11.2. The van der Waals surface area contributed by atoms with Crippen LogP contribution in [0.4, 0.5) is 5.82 Å². The second kappa shape index (κ2) is 10.6. The summed E-state index contributed by atoms with van der Waals surface area (Å²) in [5.74, 6) is 6.57. The van der Waals surface area contributed by atoms with Gasteiger partial charge in [-0.05, 0) is 56.4 Å². The minimum atomic E-state index is -0.476. The van der Waals surface area contributed by atoms with Gasteiger partial charge in [-0.2, -0.15) is 0 Å².